The Hall–Kier alpha value is -2.46. The van der Waals surface area contributed by atoms with Crippen LogP contribution in [0.25, 0.3) is 31.6 Å². The molecule has 0 fully saturated rings. The first-order chi connectivity index (χ1) is 12.7. The van der Waals surface area contributed by atoms with E-state index in [2.05, 4.69) is 79.2 Å². The second-order valence-electron chi connectivity index (χ2n) is 6.38. The van der Waals surface area contributed by atoms with Gasteiger partial charge in [0.1, 0.15) is 13.1 Å². The van der Waals surface area contributed by atoms with Crippen molar-refractivity contribution in [3.63, 3.8) is 0 Å². The average Bonchev–Trinajstić information content (AvgIpc) is 2.68. The van der Waals surface area contributed by atoms with Crippen LogP contribution in [0.2, 0.25) is 0 Å². The Morgan fingerprint density at radius 3 is 2.46 bits per heavy atom. The first-order valence-electron chi connectivity index (χ1n) is 9.33. The molecular weight excluding hydrogens is 338 g/mol. The van der Waals surface area contributed by atoms with E-state index < -0.39 is 0 Å². The number of hydrogen-bond donors (Lipinski definition) is 1. The fourth-order valence-electron chi connectivity index (χ4n) is 3.57. The molecule has 0 unspecified atom stereocenters. The van der Waals surface area contributed by atoms with E-state index in [-0.39, 0.29) is 0 Å². The fourth-order valence-corrected chi connectivity index (χ4v) is 4.63. The Kier molecular flexibility index (Phi) is 4.60. The number of nitrogens with zero attached hydrogens (tertiary/aromatic N) is 2. The lowest BCUT2D eigenvalue weighted by Gasteiger charge is -2.13. The van der Waals surface area contributed by atoms with E-state index in [0.717, 1.165) is 30.8 Å². The van der Waals surface area contributed by atoms with Crippen molar-refractivity contribution in [1.82, 2.24) is 9.56 Å². The molecule has 1 heterocycles. The molecule has 2 aliphatic rings. The lowest BCUT2D eigenvalue weighted by molar-refractivity contribution is 0.626. The minimum Gasteiger partial charge on any atom is -0.385 e. The van der Waals surface area contributed by atoms with Crippen LogP contribution >= 0.6 is 11.3 Å². The molecule has 4 rings (SSSR count). The number of fused-ring (bicyclic) bond motifs is 4. The topological polar surface area (TPSA) is 27.9 Å². The Balaban J connectivity index is 2.07. The number of nitrogens with one attached hydrogen (secondary N) is 1. The number of rotatable bonds is 4. The molecule has 1 N–H and O–H groups in total. The first-order valence-corrected chi connectivity index (χ1v) is 10.1. The molecule has 0 amide bonds. The molecule has 3 nitrogen and oxygen atoms in total. The van der Waals surface area contributed by atoms with Crippen LogP contribution in [0.4, 0.5) is 5.69 Å². The van der Waals surface area contributed by atoms with E-state index in [1.54, 1.807) is 0 Å². The summed E-state index contributed by atoms with van der Waals surface area (Å²) in [4.78, 5) is 6.26. The second-order valence-corrected chi connectivity index (χ2v) is 7.47. The van der Waals surface area contributed by atoms with Gasteiger partial charge in [0, 0.05) is 35.1 Å². The van der Waals surface area contributed by atoms with Crippen molar-refractivity contribution in [3.8, 4) is 10.6 Å². The van der Waals surface area contributed by atoms with Crippen LogP contribution in [0.1, 0.15) is 20.8 Å². The standard InChI is InChI=1S/C22H23N3S/c1-4-23-19-14-21-22(17-10-8-7-9-16(17)19)24-18-12-11-15(13-20(18)26-21)25(5-2)6-3/h7-14H,4-6H2,1-3H3/p+1. The maximum atomic E-state index is 5.02. The highest BCUT2D eigenvalue weighted by molar-refractivity contribution is 7.21. The highest BCUT2D eigenvalue weighted by atomic mass is 32.1. The van der Waals surface area contributed by atoms with Gasteiger partial charge in [-0.3, -0.25) is 0 Å². The maximum absolute atomic E-state index is 5.02. The number of benzene rings is 3. The van der Waals surface area contributed by atoms with Crippen LogP contribution in [-0.2, 0) is 0 Å². The quantitative estimate of drug-likeness (QED) is 0.321. The summed E-state index contributed by atoms with van der Waals surface area (Å²) < 4.78 is 3.60. The summed E-state index contributed by atoms with van der Waals surface area (Å²) in [7, 11) is 0. The Bertz CT molecular complexity index is 1120. The van der Waals surface area contributed by atoms with Gasteiger partial charge in [0.25, 0.3) is 0 Å². The molecule has 26 heavy (non-hydrogen) atoms. The monoisotopic (exact) mass is 362 g/mol. The van der Waals surface area contributed by atoms with Gasteiger partial charge in [0.15, 0.2) is 0 Å². The lowest BCUT2D eigenvalue weighted by Crippen LogP contribution is -2.29. The molecule has 1 aliphatic heterocycles. The molecule has 132 valence electrons. The largest absolute Gasteiger partial charge is 0.385 e. The Labute approximate surface area is 158 Å². The van der Waals surface area contributed by atoms with Crippen molar-refractivity contribution >= 4 is 38.0 Å². The van der Waals surface area contributed by atoms with Crippen LogP contribution in [-0.4, -0.2) is 24.6 Å². The van der Waals surface area contributed by atoms with Crippen molar-refractivity contribution < 1.29 is 0 Å². The summed E-state index contributed by atoms with van der Waals surface area (Å²) in [6.45, 7) is 9.48. The van der Waals surface area contributed by atoms with Crippen LogP contribution in [0.3, 0.4) is 0 Å². The minimum absolute atomic E-state index is 0.910. The summed E-state index contributed by atoms with van der Waals surface area (Å²) in [6, 6.07) is 17.4. The molecule has 0 saturated carbocycles. The summed E-state index contributed by atoms with van der Waals surface area (Å²) in [5.41, 5.74) is 3.35. The zero-order valence-electron chi connectivity index (χ0n) is 15.5. The van der Waals surface area contributed by atoms with E-state index in [9.17, 15) is 0 Å². The lowest BCUT2D eigenvalue weighted by atomic mass is 10.1. The molecule has 0 aromatic heterocycles. The maximum Gasteiger partial charge on any atom is 0.201 e. The molecular formula is C22H24N3S+. The van der Waals surface area contributed by atoms with Gasteiger partial charge in [0.2, 0.25) is 5.36 Å². The van der Waals surface area contributed by atoms with E-state index >= 15 is 0 Å². The third-order valence-electron chi connectivity index (χ3n) is 4.87. The number of aromatic nitrogens is 1. The molecule has 4 heteroatoms. The summed E-state index contributed by atoms with van der Waals surface area (Å²) >= 11 is 1.83. The Morgan fingerprint density at radius 1 is 0.962 bits per heavy atom. The van der Waals surface area contributed by atoms with Crippen molar-refractivity contribution in [2.24, 2.45) is 0 Å². The molecule has 0 bridgehead atoms. The van der Waals surface area contributed by atoms with Crippen LogP contribution in [0.5, 0.6) is 0 Å². The van der Waals surface area contributed by atoms with Gasteiger partial charge in [0.05, 0.1) is 20.8 Å². The van der Waals surface area contributed by atoms with Gasteiger partial charge in [-0.05, 0) is 32.9 Å². The van der Waals surface area contributed by atoms with Crippen molar-refractivity contribution in [1.29, 1.82) is 0 Å². The zero-order chi connectivity index (χ0) is 18.1. The summed E-state index contributed by atoms with van der Waals surface area (Å²) in [5, 5.41) is 7.23. The second kappa shape index (κ2) is 7.04. The van der Waals surface area contributed by atoms with E-state index in [1.165, 1.54) is 31.4 Å². The molecule has 2 aromatic carbocycles. The molecule has 0 spiro atoms. The van der Waals surface area contributed by atoms with Crippen LogP contribution in [0, 0.1) is 0 Å². The average molecular weight is 363 g/mol. The fraction of sp³-hybridized carbons (Fsp3) is 0.273. The third kappa shape index (κ3) is 2.84. The van der Waals surface area contributed by atoms with Gasteiger partial charge in [-0.2, -0.15) is 0 Å². The minimum atomic E-state index is 0.910. The third-order valence-corrected chi connectivity index (χ3v) is 5.95. The number of hydrogen-bond acceptors (Lipinski definition) is 3. The normalized spacial score (nSPS) is 11.3. The van der Waals surface area contributed by atoms with E-state index in [1.807, 2.05) is 11.3 Å². The molecule has 2 aromatic rings. The van der Waals surface area contributed by atoms with Gasteiger partial charge < -0.3 is 5.32 Å². The van der Waals surface area contributed by atoms with E-state index in [4.69, 9.17) is 4.98 Å². The smallest absolute Gasteiger partial charge is 0.201 e. The SMILES string of the molecule is CCNc1cc2sc3cc(=[N+](CC)CC)ccc-3nc2c2ccccc12. The van der Waals surface area contributed by atoms with Crippen molar-refractivity contribution in [2.45, 2.75) is 20.8 Å². The molecule has 0 atom stereocenters. The predicted molar refractivity (Wildman–Crippen MR) is 114 cm³/mol. The van der Waals surface area contributed by atoms with Crippen molar-refractivity contribution in [2.75, 3.05) is 25.0 Å². The molecule has 1 aliphatic carbocycles. The summed E-state index contributed by atoms with van der Waals surface area (Å²) in [6.07, 6.45) is 0. The molecule has 0 radical (unpaired) electrons. The van der Waals surface area contributed by atoms with Crippen LogP contribution < -0.4 is 15.2 Å². The van der Waals surface area contributed by atoms with Crippen LogP contribution in [0.15, 0.2) is 48.5 Å². The Morgan fingerprint density at radius 2 is 1.73 bits per heavy atom. The van der Waals surface area contributed by atoms with E-state index in [0.29, 0.717) is 0 Å². The van der Waals surface area contributed by atoms with Gasteiger partial charge in [-0.25, -0.2) is 9.56 Å². The highest BCUT2D eigenvalue weighted by Gasteiger charge is 2.13. The van der Waals surface area contributed by atoms with Gasteiger partial charge >= 0.3 is 0 Å². The molecule has 0 saturated heterocycles. The zero-order valence-corrected chi connectivity index (χ0v) is 16.4. The first kappa shape index (κ1) is 17.0. The van der Waals surface area contributed by atoms with Gasteiger partial charge in [-0.1, -0.05) is 24.3 Å². The van der Waals surface area contributed by atoms with Crippen molar-refractivity contribution in [3.05, 3.63) is 53.9 Å². The van der Waals surface area contributed by atoms with Gasteiger partial charge in [-0.15, -0.1) is 11.3 Å². The highest BCUT2D eigenvalue weighted by Crippen LogP contribution is 2.37. The predicted octanol–water partition coefficient (Wildman–Crippen LogP) is 4.80. The summed E-state index contributed by atoms with van der Waals surface area (Å²) in [5.74, 6) is 0. The number of anilines is 1.